The van der Waals surface area contributed by atoms with Crippen LogP contribution in [0, 0.1) is 6.92 Å². The third kappa shape index (κ3) is 9.37. The number of fused-ring (bicyclic) bond motifs is 1. The third-order valence-electron chi connectivity index (χ3n) is 6.59. The SMILES string of the molecule is CCCCCCCCCCCCCCCCC(C)c1cccc2cc(C)ccc12. The second-order valence-electron chi connectivity index (χ2n) is 9.36. The molecule has 0 heterocycles. The second-order valence-corrected chi connectivity index (χ2v) is 9.36. The van der Waals surface area contributed by atoms with Gasteiger partial charge in [-0.1, -0.05) is 146 Å². The quantitative estimate of drug-likeness (QED) is 0.248. The van der Waals surface area contributed by atoms with Gasteiger partial charge in [0.05, 0.1) is 0 Å². The zero-order chi connectivity index (χ0) is 20.7. The molecule has 0 radical (unpaired) electrons. The number of benzene rings is 2. The molecule has 0 aliphatic rings. The molecule has 2 aromatic rings. The van der Waals surface area contributed by atoms with Crippen molar-refractivity contribution >= 4 is 10.8 Å². The number of rotatable bonds is 16. The average Bonchev–Trinajstić information content (AvgIpc) is 2.73. The third-order valence-corrected chi connectivity index (χ3v) is 6.59. The van der Waals surface area contributed by atoms with Crippen molar-refractivity contribution in [3.05, 3.63) is 47.5 Å². The molecular formula is C29H46. The van der Waals surface area contributed by atoms with Crippen molar-refractivity contribution in [3.8, 4) is 0 Å². The lowest BCUT2D eigenvalue weighted by molar-refractivity contribution is 0.524. The van der Waals surface area contributed by atoms with Crippen LogP contribution in [0.1, 0.15) is 127 Å². The van der Waals surface area contributed by atoms with Gasteiger partial charge in [-0.15, -0.1) is 0 Å². The Morgan fingerprint density at radius 3 is 1.79 bits per heavy atom. The van der Waals surface area contributed by atoms with Crippen molar-refractivity contribution in [1.82, 2.24) is 0 Å². The van der Waals surface area contributed by atoms with Crippen LogP contribution < -0.4 is 0 Å². The summed E-state index contributed by atoms with van der Waals surface area (Å²) in [6, 6.07) is 13.7. The topological polar surface area (TPSA) is 0 Å². The second kappa shape index (κ2) is 14.6. The lowest BCUT2D eigenvalue weighted by atomic mass is 9.90. The first kappa shape index (κ1) is 24.0. The molecule has 29 heavy (non-hydrogen) atoms. The van der Waals surface area contributed by atoms with Crippen molar-refractivity contribution < 1.29 is 0 Å². The fraction of sp³-hybridized carbons (Fsp3) is 0.655. The van der Waals surface area contributed by atoms with Crippen LogP contribution in [0.5, 0.6) is 0 Å². The molecular weight excluding hydrogens is 348 g/mol. The van der Waals surface area contributed by atoms with E-state index in [1.54, 1.807) is 0 Å². The van der Waals surface area contributed by atoms with Crippen molar-refractivity contribution in [2.75, 3.05) is 0 Å². The van der Waals surface area contributed by atoms with E-state index in [0.29, 0.717) is 5.92 Å². The van der Waals surface area contributed by atoms with Crippen LogP contribution in [0.25, 0.3) is 10.8 Å². The Kier molecular flexibility index (Phi) is 12.1. The molecule has 0 aliphatic carbocycles. The Morgan fingerprint density at radius 1 is 0.655 bits per heavy atom. The maximum atomic E-state index is 2.41. The minimum atomic E-state index is 0.665. The molecule has 0 heteroatoms. The fourth-order valence-electron chi connectivity index (χ4n) is 4.66. The van der Waals surface area contributed by atoms with E-state index in [1.807, 2.05) is 0 Å². The van der Waals surface area contributed by atoms with Crippen LogP contribution >= 0.6 is 0 Å². The molecule has 0 saturated carbocycles. The first-order valence-corrected chi connectivity index (χ1v) is 12.7. The summed E-state index contributed by atoms with van der Waals surface area (Å²) in [6.07, 6.45) is 21.5. The van der Waals surface area contributed by atoms with Gasteiger partial charge in [-0.05, 0) is 35.6 Å². The molecule has 0 amide bonds. The van der Waals surface area contributed by atoms with Crippen LogP contribution in [0.3, 0.4) is 0 Å². The van der Waals surface area contributed by atoms with Gasteiger partial charge in [0.1, 0.15) is 0 Å². The maximum absolute atomic E-state index is 2.41. The van der Waals surface area contributed by atoms with Crippen molar-refractivity contribution in [2.24, 2.45) is 0 Å². The van der Waals surface area contributed by atoms with E-state index >= 15 is 0 Å². The monoisotopic (exact) mass is 394 g/mol. The van der Waals surface area contributed by atoms with Crippen molar-refractivity contribution in [2.45, 2.75) is 123 Å². The van der Waals surface area contributed by atoms with E-state index in [9.17, 15) is 0 Å². The fourth-order valence-corrected chi connectivity index (χ4v) is 4.66. The number of aryl methyl sites for hydroxylation is 1. The standard InChI is InChI=1S/C29H46/c1-4-5-6-7-8-9-10-11-12-13-14-15-16-17-19-26(3)28-21-18-20-27-24-25(2)22-23-29(27)28/h18,20-24,26H,4-17,19H2,1-3H3. The first-order valence-electron chi connectivity index (χ1n) is 12.7. The molecule has 0 fully saturated rings. The van der Waals surface area contributed by atoms with Gasteiger partial charge in [-0.2, -0.15) is 0 Å². The largest absolute Gasteiger partial charge is 0.0654 e. The summed E-state index contributed by atoms with van der Waals surface area (Å²) in [4.78, 5) is 0. The molecule has 1 atom stereocenters. The van der Waals surface area contributed by atoms with Crippen LogP contribution in [0.4, 0.5) is 0 Å². The summed E-state index contributed by atoms with van der Waals surface area (Å²) in [5.74, 6) is 0.665. The highest BCUT2D eigenvalue weighted by molar-refractivity contribution is 5.86. The van der Waals surface area contributed by atoms with Crippen LogP contribution in [0.2, 0.25) is 0 Å². The van der Waals surface area contributed by atoms with Gasteiger partial charge in [-0.3, -0.25) is 0 Å². The number of hydrogen-bond donors (Lipinski definition) is 0. The zero-order valence-electron chi connectivity index (χ0n) is 19.6. The molecule has 0 aromatic heterocycles. The van der Waals surface area contributed by atoms with Gasteiger partial charge in [0.2, 0.25) is 0 Å². The lowest BCUT2D eigenvalue weighted by Gasteiger charge is -2.15. The molecule has 2 aromatic carbocycles. The normalized spacial score (nSPS) is 12.5. The minimum Gasteiger partial charge on any atom is -0.0654 e. The van der Waals surface area contributed by atoms with E-state index in [2.05, 4.69) is 57.2 Å². The van der Waals surface area contributed by atoms with Crippen LogP contribution in [-0.4, -0.2) is 0 Å². The van der Waals surface area contributed by atoms with Gasteiger partial charge < -0.3 is 0 Å². The van der Waals surface area contributed by atoms with E-state index < -0.39 is 0 Å². The Hall–Kier alpha value is -1.30. The Morgan fingerprint density at radius 2 is 1.21 bits per heavy atom. The minimum absolute atomic E-state index is 0.665. The van der Waals surface area contributed by atoms with Crippen molar-refractivity contribution in [3.63, 3.8) is 0 Å². The van der Waals surface area contributed by atoms with E-state index in [0.717, 1.165) is 0 Å². The highest BCUT2D eigenvalue weighted by atomic mass is 14.1. The molecule has 0 nitrogen and oxygen atoms in total. The summed E-state index contributed by atoms with van der Waals surface area (Å²) in [5.41, 5.74) is 2.89. The number of unbranched alkanes of at least 4 members (excludes halogenated alkanes) is 13. The molecule has 0 saturated heterocycles. The van der Waals surface area contributed by atoms with Gasteiger partial charge >= 0.3 is 0 Å². The Balaban J connectivity index is 1.50. The lowest BCUT2D eigenvalue weighted by Crippen LogP contribution is -1.95. The molecule has 2 rings (SSSR count). The predicted molar refractivity (Wildman–Crippen MR) is 132 cm³/mol. The molecule has 0 bridgehead atoms. The van der Waals surface area contributed by atoms with Crippen LogP contribution in [-0.2, 0) is 0 Å². The van der Waals surface area contributed by atoms with E-state index in [-0.39, 0.29) is 0 Å². The van der Waals surface area contributed by atoms with Gasteiger partial charge in [0.15, 0.2) is 0 Å². The molecule has 0 spiro atoms. The summed E-state index contributed by atoms with van der Waals surface area (Å²) < 4.78 is 0. The predicted octanol–water partition coefficient (Wildman–Crippen LogP) is 10.1. The summed E-state index contributed by atoms with van der Waals surface area (Å²) in [7, 11) is 0. The number of hydrogen-bond acceptors (Lipinski definition) is 0. The van der Waals surface area contributed by atoms with Crippen LogP contribution in [0.15, 0.2) is 36.4 Å². The summed E-state index contributed by atoms with van der Waals surface area (Å²) >= 11 is 0. The Labute approximate surface area is 181 Å². The molecule has 0 aliphatic heterocycles. The average molecular weight is 395 g/mol. The summed E-state index contributed by atoms with van der Waals surface area (Å²) in [5, 5.41) is 2.85. The van der Waals surface area contributed by atoms with Gasteiger partial charge in [0.25, 0.3) is 0 Å². The maximum Gasteiger partial charge on any atom is -0.0149 e. The zero-order valence-corrected chi connectivity index (χ0v) is 19.6. The molecule has 162 valence electrons. The molecule has 0 N–H and O–H groups in total. The van der Waals surface area contributed by atoms with E-state index in [4.69, 9.17) is 0 Å². The van der Waals surface area contributed by atoms with Gasteiger partial charge in [0, 0.05) is 0 Å². The smallest absolute Gasteiger partial charge is 0.0149 e. The highest BCUT2D eigenvalue weighted by Crippen LogP contribution is 2.29. The van der Waals surface area contributed by atoms with Gasteiger partial charge in [-0.25, -0.2) is 0 Å². The molecule has 1 unspecified atom stereocenters. The summed E-state index contributed by atoms with van der Waals surface area (Å²) in [6.45, 7) is 6.90. The van der Waals surface area contributed by atoms with Crippen molar-refractivity contribution in [1.29, 1.82) is 0 Å². The van der Waals surface area contributed by atoms with E-state index in [1.165, 1.54) is 118 Å². The Bertz CT molecular complexity index is 669. The first-order chi connectivity index (χ1) is 14.2. The highest BCUT2D eigenvalue weighted by Gasteiger charge is 2.09.